The Morgan fingerprint density at radius 3 is 2.73 bits per heavy atom. The molecule has 0 saturated heterocycles. The third-order valence-electron chi connectivity index (χ3n) is 3.03. The lowest BCUT2D eigenvalue weighted by Crippen LogP contribution is -2.27. The smallest absolute Gasteiger partial charge is 0.354 e. The van der Waals surface area contributed by atoms with Crippen LogP contribution in [0, 0.1) is 0 Å². The number of aromatic nitrogens is 1. The number of carbonyl (C=O) groups is 1. The first-order valence-corrected chi connectivity index (χ1v) is 4.90. The highest BCUT2D eigenvalue weighted by Gasteiger charge is 2.26. The molecule has 0 unspecified atom stereocenters. The van der Waals surface area contributed by atoms with Crippen molar-refractivity contribution < 1.29 is 9.90 Å². The molecule has 0 aliphatic carbocycles. The van der Waals surface area contributed by atoms with Crippen molar-refractivity contribution in [2.75, 3.05) is 19.3 Å². The van der Waals surface area contributed by atoms with E-state index in [2.05, 4.69) is 4.90 Å². The van der Waals surface area contributed by atoms with E-state index >= 15 is 0 Å². The Bertz CT molecular complexity index is 423. The van der Waals surface area contributed by atoms with E-state index in [4.69, 9.17) is 10.8 Å². The van der Waals surface area contributed by atoms with Crippen molar-refractivity contribution in [3.05, 3.63) is 17.0 Å². The molecule has 2 heterocycles. The summed E-state index contributed by atoms with van der Waals surface area (Å²) in [5, 5.41) is 9.05. The first-order chi connectivity index (χ1) is 7.02. The summed E-state index contributed by atoms with van der Waals surface area (Å²) in [6.45, 7) is 1.69. The van der Waals surface area contributed by atoms with Crippen LogP contribution in [0.25, 0.3) is 0 Å². The van der Waals surface area contributed by atoms with Gasteiger partial charge >= 0.3 is 5.97 Å². The maximum atomic E-state index is 11.0. The number of likely N-dealkylation sites (N-methyl/N-ethyl adjacent to an activating group) is 1. The summed E-state index contributed by atoms with van der Waals surface area (Å²) in [5.41, 5.74) is 8.53. The highest BCUT2D eigenvalue weighted by atomic mass is 16.4. The minimum atomic E-state index is -0.952. The van der Waals surface area contributed by atoms with E-state index < -0.39 is 5.97 Å². The van der Waals surface area contributed by atoms with Gasteiger partial charge in [0, 0.05) is 37.8 Å². The Labute approximate surface area is 88.1 Å². The molecule has 0 spiro atoms. The molecule has 0 bridgehead atoms. The largest absolute Gasteiger partial charge is 0.477 e. The van der Waals surface area contributed by atoms with Gasteiger partial charge in [-0.15, -0.1) is 0 Å². The first-order valence-electron chi connectivity index (χ1n) is 4.90. The average Bonchev–Trinajstić information content (AvgIpc) is 2.39. The minimum absolute atomic E-state index is 0.218. The van der Waals surface area contributed by atoms with Crippen molar-refractivity contribution in [3.8, 4) is 0 Å². The van der Waals surface area contributed by atoms with Crippen molar-refractivity contribution in [1.82, 2.24) is 9.47 Å². The van der Waals surface area contributed by atoms with Gasteiger partial charge in [-0.25, -0.2) is 4.79 Å². The summed E-state index contributed by atoms with van der Waals surface area (Å²) in [7, 11) is 3.78. The van der Waals surface area contributed by atoms with Gasteiger partial charge in [-0.3, -0.25) is 0 Å². The molecule has 0 amide bonds. The van der Waals surface area contributed by atoms with Gasteiger partial charge in [0.05, 0.1) is 5.69 Å². The number of hydrogen-bond acceptors (Lipinski definition) is 3. The molecule has 1 aliphatic heterocycles. The van der Waals surface area contributed by atoms with Crippen LogP contribution >= 0.6 is 0 Å². The highest BCUT2D eigenvalue weighted by molar-refractivity contribution is 5.93. The van der Waals surface area contributed by atoms with Gasteiger partial charge in [-0.2, -0.15) is 0 Å². The number of nitrogen functional groups attached to an aromatic ring is 1. The summed E-state index contributed by atoms with van der Waals surface area (Å²) in [6, 6.07) is 0. The van der Waals surface area contributed by atoms with Crippen LogP contribution < -0.4 is 5.73 Å². The van der Waals surface area contributed by atoms with Crippen LogP contribution in [0.2, 0.25) is 0 Å². The number of hydrogen-bond donors (Lipinski definition) is 2. The number of nitrogens with two attached hydrogens (primary N) is 1. The first kappa shape index (κ1) is 10.0. The SMILES string of the molecule is CN1CCc2c(c(N)c(C(=O)O)n2C)C1. The maximum Gasteiger partial charge on any atom is 0.354 e. The number of carboxylic acids is 1. The van der Waals surface area contributed by atoms with Crippen LogP contribution in [-0.2, 0) is 20.0 Å². The fraction of sp³-hybridized carbons (Fsp3) is 0.500. The van der Waals surface area contributed by atoms with E-state index in [9.17, 15) is 4.79 Å². The number of fused-ring (bicyclic) bond motifs is 1. The second-order valence-electron chi connectivity index (χ2n) is 4.04. The highest BCUT2D eigenvalue weighted by Crippen LogP contribution is 2.29. The number of anilines is 1. The topological polar surface area (TPSA) is 71.5 Å². The van der Waals surface area contributed by atoms with Gasteiger partial charge in [0.2, 0.25) is 0 Å². The molecular formula is C10H15N3O2. The predicted octanol–water partition coefficient (Wildman–Crippen LogP) is 0.293. The lowest BCUT2D eigenvalue weighted by Gasteiger charge is -2.23. The van der Waals surface area contributed by atoms with Crippen LogP contribution in [0.4, 0.5) is 5.69 Å². The number of rotatable bonds is 1. The lowest BCUT2D eigenvalue weighted by molar-refractivity contribution is 0.0687. The molecule has 2 rings (SSSR count). The van der Waals surface area contributed by atoms with E-state index in [1.54, 1.807) is 11.6 Å². The zero-order valence-electron chi connectivity index (χ0n) is 8.95. The van der Waals surface area contributed by atoms with Crippen LogP contribution in [0.15, 0.2) is 0 Å². The van der Waals surface area contributed by atoms with Gasteiger partial charge in [0.15, 0.2) is 5.69 Å². The van der Waals surface area contributed by atoms with Crippen molar-refractivity contribution in [3.63, 3.8) is 0 Å². The van der Waals surface area contributed by atoms with Crippen molar-refractivity contribution in [2.45, 2.75) is 13.0 Å². The van der Waals surface area contributed by atoms with Crippen LogP contribution in [-0.4, -0.2) is 34.1 Å². The molecule has 0 atom stereocenters. The van der Waals surface area contributed by atoms with Gasteiger partial charge in [-0.1, -0.05) is 0 Å². The molecule has 5 heteroatoms. The average molecular weight is 209 g/mol. The Balaban J connectivity index is 2.58. The van der Waals surface area contributed by atoms with Crippen molar-refractivity contribution in [2.24, 2.45) is 7.05 Å². The molecule has 3 N–H and O–H groups in total. The Morgan fingerprint density at radius 2 is 2.13 bits per heavy atom. The molecule has 15 heavy (non-hydrogen) atoms. The van der Waals surface area contributed by atoms with E-state index in [0.717, 1.165) is 30.8 Å². The molecule has 0 fully saturated rings. The number of carboxylic acid groups (broad SMARTS) is 1. The monoisotopic (exact) mass is 209 g/mol. The van der Waals surface area contributed by atoms with E-state index in [1.165, 1.54) is 0 Å². The molecule has 1 aromatic rings. The molecular weight excluding hydrogens is 194 g/mol. The molecule has 5 nitrogen and oxygen atoms in total. The van der Waals surface area contributed by atoms with Gasteiger partial charge in [-0.05, 0) is 7.05 Å². The summed E-state index contributed by atoms with van der Waals surface area (Å²) in [4.78, 5) is 13.2. The minimum Gasteiger partial charge on any atom is -0.477 e. The zero-order valence-corrected chi connectivity index (χ0v) is 8.95. The van der Waals surface area contributed by atoms with E-state index in [0.29, 0.717) is 5.69 Å². The van der Waals surface area contributed by atoms with Gasteiger partial charge in [0.25, 0.3) is 0 Å². The zero-order chi connectivity index (χ0) is 11.2. The van der Waals surface area contributed by atoms with E-state index in [1.807, 2.05) is 7.05 Å². The molecule has 0 saturated carbocycles. The normalized spacial score (nSPS) is 16.4. The van der Waals surface area contributed by atoms with Crippen LogP contribution in [0.5, 0.6) is 0 Å². The molecule has 1 aromatic heterocycles. The number of aromatic carboxylic acids is 1. The lowest BCUT2D eigenvalue weighted by atomic mass is 10.1. The number of nitrogens with zero attached hydrogens (tertiary/aromatic N) is 2. The quantitative estimate of drug-likeness (QED) is 0.697. The summed E-state index contributed by atoms with van der Waals surface area (Å²) >= 11 is 0. The Kier molecular flexibility index (Phi) is 2.19. The van der Waals surface area contributed by atoms with Crippen LogP contribution in [0.3, 0.4) is 0 Å². The Hall–Kier alpha value is -1.49. The van der Waals surface area contributed by atoms with Crippen molar-refractivity contribution in [1.29, 1.82) is 0 Å². The third-order valence-corrected chi connectivity index (χ3v) is 3.03. The second-order valence-corrected chi connectivity index (χ2v) is 4.04. The predicted molar refractivity (Wildman–Crippen MR) is 56.8 cm³/mol. The summed E-state index contributed by atoms with van der Waals surface area (Å²) < 4.78 is 1.71. The van der Waals surface area contributed by atoms with E-state index in [-0.39, 0.29) is 5.69 Å². The standard InChI is InChI=1S/C10H15N3O2/c1-12-4-3-7-6(5-12)8(11)9(10(14)15)13(7)2/h3-5,11H2,1-2H3,(H,14,15). The van der Waals surface area contributed by atoms with Gasteiger partial charge < -0.3 is 20.3 Å². The summed E-state index contributed by atoms with van der Waals surface area (Å²) in [5.74, 6) is -0.952. The molecule has 82 valence electrons. The van der Waals surface area contributed by atoms with Crippen molar-refractivity contribution >= 4 is 11.7 Å². The molecule has 0 aromatic carbocycles. The van der Waals surface area contributed by atoms with Crippen LogP contribution in [0.1, 0.15) is 21.7 Å². The summed E-state index contributed by atoms with van der Waals surface area (Å²) in [6.07, 6.45) is 0.861. The third kappa shape index (κ3) is 1.39. The second kappa shape index (κ2) is 3.27. The maximum absolute atomic E-state index is 11.0. The Morgan fingerprint density at radius 1 is 1.47 bits per heavy atom. The molecule has 1 aliphatic rings. The fourth-order valence-electron chi connectivity index (χ4n) is 2.22. The fourth-order valence-corrected chi connectivity index (χ4v) is 2.22. The van der Waals surface area contributed by atoms with Gasteiger partial charge in [0.1, 0.15) is 0 Å². The molecule has 0 radical (unpaired) electrons.